The van der Waals surface area contributed by atoms with E-state index < -0.39 is 0 Å². The first-order valence-electron chi connectivity index (χ1n) is 6.12. The van der Waals surface area contributed by atoms with Crippen molar-refractivity contribution in [3.8, 4) is 0 Å². The van der Waals surface area contributed by atoms with Crippen molar-refractivity contribution in [3.05, 3.63) is 33.3 Å². The normalized spacial score (nSPS) is 20.7. The van der Waals surface area contributed by atoms with Gasteiger partial charge in [0.25, 0.3) is 0 Å². The van der Waals surface area contributed by atoms with Crippen LogP contribution >= 0.6 is 15.9 Å². The second kappa shape index (κ2) is 4.89. The summed E-state index contributed by atoms with van der Waals surface area (Å²) in [4.78, 5) is 0. The van der Waals surface area contributed by atoms with Gasteiger partial charge in [-0.2, -0.15) is 0 Å². The van der Waals surface area contributed by atoms with Gasteiger partial charge < -0.3 is 5.32 Å². The zero-order valence-corrected chi connectivity index (χ0v) is 11.9. The molecule has 0 saturated heterocycles. The minimum atomic E-state index is 0.589. The molecule has 1 unspecified atom stereocenters. The van der Waals surface area contributed by atoms with Gasteiger partial charge in [0, 0.05) is 11.0 Å². The van der Waals surface area contributed by atoms with Crippen molar-refractivity contribution in [1.29, 1.82) is 0 Å². The highest BCUT2D eigenvalue weighted by Gasteiger charge is 2.17. The highest BCUT2D eigenvalue weighted by Crippen LogP contribution is 2.32. The van der Waals surface area contributed by atoms with Crippen LogP contribution in [0.15, 0.2) is 16.6 Å². The Morgan fingerprint density at radius 3 is 2.81 bits per heavy atom. The number of fused-ring (bicyclic) bond motifs is 1. The molecule has 0 spiro atoms. The molecule has 16 heavy (non-hydrogen) atoms. The molecule has 2 heteroatoms. The maximum absolute atomic E-state index is 3.71. The molecule has 1 aromatic carbocycles. The first-order chi connectivity index (χ1) is 7.59. The van der Waals surface area contributed by atoms with Crippen molar-refractivity contribution in [3.63, 3.8) is 0 Å². The second-order valence-electron chi connectivity index (χ2n) is 5.08. The summed E-state index contributed by atoms with van der Waals surface area (Å²) in [6.45, 7) is 9.02. The van der Waals surface area contributed by atoms with Gasteiger partial charge in [0.15, 0.2) is 0 Å². The van der Waals surface area contributed by atoms with Crippen LogP contribution in [-0.2, 0) is 6.42 Å². The van der Waals surface area contributed by atoms with Gasteiger partial charge in [0.1, 0.15) is 0 Å². The Morgan fingerprint density at radius 2 is 2.12 bits per heavy atom. The van der Waals surface area contributed by atoms with E-state index in [-0.39, 0.29) is 0 Å². The Hall–Kier alpha value is -0.340. The third-order valence-corrected chi connectivity index (χ3v) is 4.12. The summed E-state index contributed by atoms with van der Waals surface area (Å²) in [5.41, 5.74) is 4.48. The number of nitrogens with one attached hydrogen (secondary N) is 1. The monoisotopic (exact) mass is 281 g/mol. The summed E-state index contributed by atoms with van der Waals surface area (Å²) in [6, 6.07) is 4.73. The minimum Gasteiger partial charge on any atom is -0.316 e. The average Bonchev–Trinajstić information content (AvgIpc) is 2.40. The molecule has 2 rings (SSSR count). The van der Waals surface area contributed by atoms with Crippen molar-refractivity contribution < 1.29 is 0 Å². The third-order valence-electron chi connectivity index (χ3n) is 3.43. The zero-order valence-electron chi connectivity index (χ0n) is 10.3. The molecule has 1 atom stereocenters. The molecule has 0 radical (unpaired) electrons. The van der Waals surface area contributed by atoms with Crippen molar-refractivity contribution in [1.82, 2.24) is 5.32 Å². The van der Waals surface area contributed by atoms with Crippen LogP contribution in [0.4, 0.5) is 0 Å². The lowest BCUT2D eigenvalue weighted by Gasteiger charge is -2.17. The Kier molecular flexibility index (Phi) is 3.70. The molecule has 0 aromatic heterocycles. The first-order valence-corrected chi connectivity index (χ1v) is 6.91. The lowest BCUT2D eigenvalue weighted by atomic mass is 9.91. The molecule has 1 aliphatic heterocycles. The first kappa shape index (κ1) is 12.1. The predicted molar refractivity (Wildman–Crippen MR) is 73.2 cm³/mol. The fourth-order valence-corrected chi connectivity index (χ4v) is 3.24. The van der Waals surface area contributed by atoms with Gasteiger partial charge in [-0.1, -0.05) is 42.8 Å². The molecule has 0 fully saturated rings. The summed E-state index contributed by atoms with van der Waals surface area (Å²) in [6.07, 6.45) is 1.16. The molecule has 0 aliphatic carbocycles. The number of halogens is 1. The van der Waals surface area contributed by atoms with Gasteiger partial charge in [-0.15, -0.1) is 0 Å². The molecule has 1 heterocycles. The standard InChI is InChI=1S/C14H20BrN/c1-9(2)12-6-11-4-5-16-8-10(3)13(11)7-14(12)15/h6-7,9-10,16H,4-5,8H2,1-3H3. The molecule has 1 N–H and O–H groups in total. The second-order valence-corrected chi connectivity index (χ2v) is 5.94. The van der Waals surface area contributed by atoms with Crippen LogP contribution in [0.1, 0.15) is 49.3 Å². The van der Waals surface area contributed by atoms with E-state index in [9.17, 15) is 0 Å². The van der Waals surface area contributed by atoms with E-state index in [1.807, 2.05) is 0 Å². The molecular formula is C14H20BrN. The quantitative estimate of drug-likeness (QED) is 0.825. The lowest BCUT2D eigenvalue weighted by molar-refractivity contribution is 0.644. The van der Waals surface area contributed by atoms with Crippen LogP contribution in [0.25, 0.3) is 0 Å². The van der Waals surface area contributed by atoms with E-state index >= 15 is 0 Å². The summed E-state index contributed by atoms with van der Waals surface area (Å²) < 4.78 is 1.27. The largest absolute Gasteiger partial charge is 0.316 e. The molecule has 1 aromatic rings. The average molecular weight is 282 g/mol. The van der Waals surface area contributed by atoms with Gasteiger partial charge in [-0.3, -0.25) is 0 Å². The van der Waals surface area contributed by atoms with Crippen molar-refractivity contribution in [2.75, 3.05) is 13.1 Å². The van der Waals surface area contributed by atoms with Gasteiger partial charge in [0.05, 0.1) is 0 Å². The Morgan fingerprint density at radius 1 is 1.38 bits per heavy atom. The fourth-order valence-electron chi connectivity index (χ4n) is 2.42. The molecule has 0 bridgehead atoms. The van der Waals surface area contributed by atoms with Crippen molar-refractivity contribution in [2.45, 2.75) is 39.0 Å². The number of hydrogen-bond acceptors (Lipinski definition) is 1. The minimum absolute atomic E-state index is 0.589. The maximum Gasteiger partial charge on any atom is 0.0212 e. The van der Waals surface area contributed by atoms with Crippen molar-refractivity contribution in [2.24, 2.45) is 0 Å². The Bertz CT molecular complexity index is 385. The number of benzene rings is 1. The molecule has 1 aliphatic rings. The molecule has 0 saturated carbocycles. The Labute approximate surface area is 107 Å². The molecule has 88 valence electrons. The lowest BCUT2D eigenvalue weighted by Crippen LogP contribution is -2.18. The van der Waals surface area contributed by atoms with Crippen LogP contribution in [0.5, 0.6) is 0 Å². The number of hydrogen-bond donors (Lipinski definition) is 1. The number of rotatable bonds is 1. The van der Waals surface area contributed by atoms with E-state index in [1.54, 1.807) is 0 Å². The predicted octanol–water partition coefficient (Wildman–Crippen LogP) is 3.82. The van der Waals surface area contributed by atoms with Crippen molar-refractivity contribution >= 4 is 15.9 Å². The molecule has 1 nitrogen and oxygen atoms in total. The van der Waals surface area contributed by atoms with Crippen LogP contribution in [0.3, 0.4) is 0 Å². The van der Waals surface area contributed by atoms with E-state index in [0.29, 0.717) is 11.8 Å². The molecule has 0 amide bonds. The smallest absolute Gasteiger partial charge is 0.0212 e. The van der Waals surface area contributed by atoms with Gasteiger partial charge in [0.2, 0.25) is 0 Å². The van der Waals surface area contributed by atoms with Crippen LogP contribution in [0.2, 0.25) is 0 Å². The van der Waals surface area contributed by atoms with Crippen LogP contribution in [0, 0.1) is 0 Å². The third kappa shape index (κ3) is 2.33. The zero-order chi connectivity index (χ0) is 11.7. The SMILES string of the molecule is CC(C)c1cc2c(cc1Br)C(C)CNCC2. The van der Waals surface area contributed by atoms with Gasteiger partial charge >= 0.3 is 0 Å². The van der Waals surface area contributed by atoms with E-state index in [0.717, 1.165) is 19.5 Å². The summed E-state index contributed by atoms with van der Waals surface area (Å²) >= 11 is 3.71. The summed E-state index contributed by atoms with van der Waals surface area (Å²) in [5, 5.41) is 3.50. The topological polar surface area (TPSA) is 12.0 Å². The highest BCUT2D eigenvalue weighted by molar-refractivity contribution is 9.10. The van der Waals surface area contributed by atoms with Crippen LogP contribution < -0.4 is 5.32 Å². The van der Waals surface area contributed by atoms with E-state index in [4.69, 9.17) is 0 Å². The van der Waals surface area contributed by atoms with Crippen LogP contribution in [-0.4, -0.2) is 13.1 Å². The summed E-state index contributed by atoms with van der Waals surface area (Å²) in [5.74, 6) is 1.21. The van der Waals surface area contributed by atoms with Gasteiger partial charge in [-0.05, 0) is 47.6 Å². The summed E-state index contributed by atoms with van der Waals surface area (Å²) in [7, 11) is 0. The van der Waals surface area contributed by atoms with E-state index in [1.165, 1.54) is 21.2 Å². The highest BCUT2D eigenvalue weighted by atomic mass is 79.9. The maximum atomic E-state index is 3.71. The van der Waals surface area contributed by atoms with E-state index in [2.05, 4.69) is 54.2 Å². The van der Waals surface area contributed by atoms with Gasteiger partial charge in [-0.25, -0.2) is 0 Å². The fraction of sp³-hybridized carbons (Fsp3) is 0.571. The Balaban J connectivity index is 2.48. The molecular weight excluding hydrogens is 262 g/mol.